The minimum absolute atomic E-state index is 0.102. The van der Waals surface area contributed by atoms with Crippen LogP contribution in [0.4, 0.5) is 0 Å². The van der Waals surface area contributed by atoms with Crippen LogP contribution < -0.4 is 4.74 Å². The lowest BCUT2D eigenvalue weighted by Crippen LogP contribution is -2.00. The molecule has 0 spiro atoms. The Bertz CT molecular complexity index is 600. The van der Waals surface area contributed by atoms with Gasteiger partial charge in [-0.05, 0) is 42.7 Å². The first kappa shape index (κ1) is 16.6. The van der Waals surface area contributed by atoms with Gasteiger partial charge in [-0.2, -0.15) is 0 Å². The normalized spacial score (nSPS) is 10.7. The molecule has 116 valence electrons. The first-order chi connectivity index (χ1) is 10.6. The fourth-order valence-corrected chi connectivity index (χ4v) is 2.78. The van der Waals surface area contributed by atoms with Crippen molar-refractivity contribution >= 4 is 17.5 Å². The van der Waals surface area contributed by atoms with Gasteiger partial charge in [0.2, 0.25) is 0 Å². The van der Waals surface area contributed by atoms with Gasteiger partial charge < -0.3 is 4.74 Å². The topological polar surface area (TPSA) is 26.3 Å². The third-order valence-electron chi connectivity index (χ3n) is 3.43. The predicted molar refractivity (Wildman–Crippen MR) is 93.2 cm³/mol. The summed E-state index contributed by atoms with van der Waals surface area (Å²) in [6.45, 7) is 6.62. The van der Waals surface area contributed by atoms with Gasteiger partial charge in [-0.15, -0.1) is 11.8 Å². The molecule has 0 heterocycles. The molecule has 0 aliphatic carbocycles. The van der Waals surface area contributed by atoms with Crippen LogP contribution in [-0.2, 0) is 0 Å². The van der Waals surface area contributed by atoms with E-state index in [1.54, 1.807) is 18.7 Å². The highest BCUT2D eigenvalue weighted by Crippen LogP contribution is 2.21. The van der Waals surface area contributed by atoms with Crippen molar-refractivity contribution in [2.75, 3.05) is 12.4 Å². The summed E-state index contributed by atoms with van der Waals surface area (Å²) in [5, 5.41) is 0. The van der Waals surface area contributed by atoms with Gasteiger partial charge in [0.05, 0.1) is 6.61 Å². The maximum absolute atomic E-state index is 11.2. The van der Waals surface area contributed by atoms with Gasteiger partial charge in [0, 0.05) is 16.2 Å². The SMILES string of the molecule is CC(=O)c1ccc(SCCOc2ccc(C(C)C)cc2)cc1. The summed E-state index contributed by atoms with van der Waals surface area (Å²) in [5.41, 5.74) is 2.08. The monoisotopic (exact) mass is 314 g/mol. The Morgan fingerprint density at radius 3 is 2.23 bits per heavy atom. The molecule has 2 aromatic rings. The third kappa shape index (κ3) is 4.92. The average Bonchev–Trinajstić information content (AvgIpc) is 2.52. The first-order valence-electron chi connectivity index (χ1n) is 7.53. The van der Waals surface area contributed by atoms with Crippen molar-refractivity contribution in [1.82, 2.24) is 0 Å². The van der Waals surface area contributed by atoms with Gasteiger partial charge in [-0.1, -0.05) is 38.1 Å². The van der Waals surface area contributed by atoms with Crippen molar-refractivity contribution in [2.24, 2.45) is 0 Å². The smallest absolute Gasteiger partial charge is 0.159 e. The second kappa shape index (κ2) is 8.04. The van der Waals surface area contributed by atoms with Gasteiger partial charge in [-0.25, -0.2) is 0 Å². The van der Waals surface area contributed by atoms with Crippen molar-refractivity contribution < 1.29 is 9.53 Å². The number of rotatable bonds is 7. The van der Waals surface area contributed by atoms with Gasteiger partial charge in [-0.3, -0.25) is 4.79 Å². The summed E-state index contributed by atoms with van der Waals surface area (Å²) in [6, 6.07) is 16.0. The van der Waals surface area contributed by atoms with E-state index in [-0.39, 0.29) is 5.78 Å². The summed E-state index contributed by atoms with van der Waals surface area (Å²) < 4.78 is 5.75. The van der Waals surface area contributed by atoms with Crippen molar-refractivity contribution in [1.29, 1.82) is 0 Å². The van der Waals surface area contributed by atoms with Crippen molar-refractivity contribution in [2.45, 2.75) is 31.6 Å². The fraction of sp³-hybridized carbons (Fsp3) is 0.316. The van der Waals surface area contributed by atoms with Gasteiger partial charge >= 0.3 is 0 Å². The molecule has 0 aliphatic rings. The molecule has 0 radical (unpaired) electrons. The molecule has 0 N–H and O–H groups in total. The Morgan fingerprint density at radius 2 is 1.68 bits per heavy atom. The number of Topliss-reactive ketones (excluding diaryl/α,β-unsaturated/α-hetero) is 1. The number of benzene rings is 2. The minimum atomic E-state index is 0.102. The molecule has 0 amide bonds. The fourth-order valence-electron chi connectivity index (χ4n) is 2.05. The van der Waals surface area contributed by atoms with Crippen LogP contribution in [0.5, 0.6) is 5.75 Å². The van der Waals surface area contributed by atoms with Crippen molar-refractivity contribution in [3.05, 3.63) is 59.7 Å². The van der Waals surface area contributed by atoms with E-state index in [1.165, 1.54) is 5.56 Å². The largest absolute Gasteiger partial charge is 0.493 e. The van der Waals surface area contributed by atoms with E-state index in [4.69, 9.17) is 4.74 Å². The molecule has 2 nitrogen and oxygen atoms in total. The molecular formula is C19H22O2S. The number of hydrogen-bond acceptors (Lipinski definition) is 3. The van der Waals surface area contributed by atoms with Crippen molar-refractivity contribution in [3.8, 4) is 5.75 Å². The molecule has 0 bridgehead atoms. The molecule has 0 saturated heterocycles. The standard InChI is InChI=1S/C19H22O2S/c1-14(2)16-4-8-18(9-5-16)21-12-13-22-19-10-6-17(7-11-19)15(3)20/h4-11,14H,12-13H2,1-3H3. The van der Waals surface area contributed by atoms with E-state index in [9.17, 15) is 4.79 Å². The number of ether oxygens (including phenoxy) is 1. The van der Waals surface area contributed by atoms with Gasteiger partial charge in [0.1, 0.15) is 5.75 Å². The lowest BCUT2D eigenvalue weighted by molar-refractivity contribution is 0.101. The highest BCUT2D eigenvalue weighted by Gasteiger charge is 2.01. The maximum atomic E-state index is 11.2. The van der Waals surface area contributed by atoms with Crippen molar-refractivity contribution in [3.63, 3.8) is 0 Å². The number of carbonyl (C=O) groups excluding carboxylic acids is 1. The van der Waals surface area contributed by atoms with Crippen LogP contribution in [-0.4, -0.2) is 18.1 Å². The Balaban J connectivity index is 1.75. The molecular weight excluding hydrogens is 292 g/mol. The van der Waals surface area contributed by atoms with Crippen LogP contribution in [0, 0.1) is 0 Å². The minimum Gasteiger partial charge on any atom is -0.493 e. The molecule has 0 aliphatic heterocycles. The Morgan fingerprint density at radius 1 is 1.05 bits per heavy atom. The highest BCUT2D eigenvalue weighted by atomic mass is 32.2. The highest BCUT2D eigenvalue weighted by molar-refractivity contribution is 7.99. The Kier molecular flexibility index (Phi) is 6.08. The van der Waals surface area contributed by atoms with Crippen LogP contribution in [0.15, 0.2) is 53.4 Å². The van der Waals surface area contributed by atoms with Crippen LogP contribution in [0.3, 0.4) is 0 Å². The Hall–Kier alpha value is -1.74. The lowest BCUT2D eigenvalue weighted by Gasteiger charge is -2.09. The number of ketones is 1. The molecule has 3 heteroatoms. The average molecular weight is 314 g/mol. The summed E-state index contributed by atoms with van der Waals surface area (Å²) in [6.07, 6.45) is 0. The van der Waals surface area contributed by atoms with E-state index in [0.29, 0.717) is 12.5 Å². The number of carbonyl (C=O) groups is 1. The number of hydrogen-bond donors (Lipinski definition) is 0. The van der Waals surface area contributed by atoms with E-state index < -0.39 is 0 Å². The van der Waals surface area contributed by atoms with Gasteiger partial charge in [0.25, 0.3) is 0 Å². The van der Waals surface area contributed by atoms with Crippen LogP contribution >= 0.6 is 11.8 Å². The van der Waals surface area contributed by atoms with Crippen LogP contribution in [0.2, 0.25) is 0 Å². The zero-order chi connectivity index (χ0) is 15.9. The first-order valence-corrected chi connectivity index (χ1v) is 8.51. The summed E-state index contributed by atoms with van der Waals surface area (Å²) in [5.74, 6) is 2.44. The van der Waals surface area contributed by atoms with E-state index in [1.807, 2.05) is 36.4 Å². The van der Waals surface area contributed by atoms with E-state index in [0.717, 1.165) is 22.0 Å². The molecule has 0 aromatic heterocycles. The molecule has 0 unspecified atom stereocenters. The second-order valence-electron chi connectivity index (χ2n) is 5.50. The summed E-state index contributed by atoms with van der Waals surface area (Å²) >= 11 is 1.73. The lowest BCUT2D eigenvalue weighted by atomic mass is 10.0. The zero-order valence-electron chi connectivity index (χ0n) is 13.3. The predicted octanol–water partition coefficient (Wildman–Crippen LogP) is 5.18. The van der Waals surface area contributed by atoms with Crippen LogP contribution in [0.1, 0.15) is 42.6 Å². The third-order valence-corrected chi connectivity index (χ3v) is 4.40. The van der Waals surface area contributed by atoms with E-state index >= 15 is 0 Å². The molecule has 2 aromatic carbocycles. The maximum Gasteiger partial charge on any atom is 0.159 e. The quantitative estimate of drug-likeness (QED) is 0.400. The second-order valence-corrected chi connectivity index (χ2v) is 6.67. The molecule has 2 rings (SSSR count). The van der Waals surface area contributed by atoms with Gasteiger partial charge in [0.15, 0.2) is 5.78 Å². The summed E-state index contributed by atoms with van der Waals surface area (Å²) in [7, 11) is 0. The summed E-state index contributed by atoms with van der Waals surface area (Å²) in [4.78, 5) is 12.4. The number of thioether (sulfide) groups is 1. The molecule has 0 fully saturated rings. The van der Waals surface area contributed by atoms with Crippen LogP contribution in [0.25, 0.3) is 0 Å². The van der Waals surface area contributed by atoms with E-state index in [2.05, 4.69) is 26.0 Å². The molecule has 22 heavy (non-hydrogen) atoms. The zero-order valence-corrected chi connectivity index (χ0v) is 14.2. The molecule has 0 atom stereocenters. The molecule has 0 saturated carbocycles. The Labute approximate surface area is 136 Å².